The van der Waals surface area contributed by atoms with Gasteiger partial charge in [-0.15, -0.1) is 0 Å². The van der Waals surface area contributed by atoms with E-state index in [2.05, 4.69) is 30.5 Å². The summed E-state index contributed by atoms with van der Waals surface area (Å²) in [5, 5.41) is 7.83. The Morgan fingerprint density at radius 2 is 2.28 bits per heavy atom. The van der Waals surface area contributed by atoms with Gasteiger partial charge in [0.15, 0.2) is 0 Å². The van der Waals surface area contributed by atoms with Crippen LogP contribution >= 0.6 is 0 Å². The van der Waals surface area contributed by atoms with Gasteiger partial charge in [-0.25, -0.2) is 0 Å². The van der Waals surface area contributed by atoms with Crippen molar-refractivity contribution in [2.45, 2.75) is 45.3 Å². The minimum atomic E-state index is 0.357. The number of aromatic nitrogens is 2. The van der Waals surface area contributed by atoms with Crippen molar-refractivity contribution < 1.29 is 4.74 Å². The Hall–Kier alpha value is -0.870. The highest BCUT2D eigenvalue weighted by Gasteiger charge is 2.37. The van der Waals surface area contributed by atoms with Gasteiger partial charge in [0.2, 0.25) is 0 Å². The third-order valence-electron chi connectivity index (χ3n) is 3.52. The quantitative estimate of drug-likeness (QED) is 0.765. The summed E-state index contributed by atoms with van der Waals surface area (Å²) in [6.07, 6.45) is 8.05. The summed E-state index contributed by atoms with van der Waals surface area (Å²) in [5.74, 6) is 0.755. The average molecular weight is 251 g/mol. The van der Waals surface area contributed by atoms with E-state index in [1.54, 1.807) is 0 Å². The normalized spacial score (nSPS) is 18.8. The van der Waals surface area contributed by atoms with Gasteiger partial charge in [-0.05, 0) is 44.2 Å². The lowest BCUT2D eigenvalue weighted by Crippen LogP contribution is -2.44. The molecule has 1 aromatic heterocycles. The van der Waals surface area contributed by atoms with Crippen molar-refractivity contribution in [3.05, 3.63) is 18.0 Å². The predicted molar refractivity (Wildman–Crippen MR) is 72.5 cm³/mol. The predicted octanol–water partition coefficient (Wildman–Crippen LogP) is 1.76. The van der Waals surface area contributed by atoms with E-state index in [1.165, 1.54) is 18.4 Å². The molecular formula is C14H25N3O. The molecule has 0 radical (unpaired) electrons. The molecule has 0 spiro atoms. The van der Waals surface area contributed by atoms with Crippen LogP contribution < -0.4 is 5.32 Å². The Balaban J connectivity index is 2.00. The van der Waals surface area contributed by atoms with E-state index in [9.17, 15) is 0 Å². The molecule has 1 aromatic rings. The first-order chi connectivity index (χ1) is 8.74. The zero-order valence-electron chi connectivity index (χ0n) is 11.7. The summed E-state index contributed by atoms with van der Waals surface area (Å²) in [6, 6.07) is 0.409. The number of ether oxygens (including phenoxy) is 1. The van der Waals surface area contributed by atoms with Gasteiger partial charge in [-0.3, -0.25) is 4.68 Å². The van der Waals surface area contributed by atoms with Crippen LogP contribution in [0.1, 0.15) is 32.3 Å². The molecule has 102 valence electrons. The SMILES string of the molecule is CCNC(Cc1cnn(C)c1)C(OCC)C1CC1. The van der Waals surface area contributed by atoms with Crippen LogP contribution in [0.25, 0.3) is 0 Å². The van der Waals surface area contributed by atoms with Gasteiger partial charge in [0, 0.05) is 25.9 Å². The van der Waals surface area contributed by atoms with E-state index >= 15 is 0 Å². The summed E-state index contributed by atoms with van der Waals surface area (Å²) in [4.78, 5) is 0. The molecule has 0 saturated heterocycles. The third kappa shape index (κ3) is 3.56. The molecular weight excluding hydrogens is 226 g/mol. The molecule has 4 nitrogen and oxygen atoms in total. The number of rotatable bonds is 8. The van der Waals surface area contributed by atoms with E-state index < -0.39 is 0 Å². The van der Waals surface area contributed by atoms with Gasteiger partial charge in [0.25, 0.3) is 0 Å². The van der Waals surface area contributed by atoms with Gasteiger partial charge in [0.05, 0.1) is 12.3 Å². The Bertz CT molecular complexity index is 360. The highest BCUT2D eigenvalue weighted by atomic mass is 16.5. The fourth-order valence-corrected chi connectivity index (χ4v) is 2.60. The maximum absolute atomic E-state index is 5.97. The maximum atomic E-state index is 5.97. The lowest BCUT2D eigenvalue weighted by atomic mass is 10.00. The molecule has 1 aliphatic carbocycles. The summed E-state index contributed by atoms with van der Waals surface area (Å²) in [7, 11) is 1.96. The molecule has 2 atom stereocenters. The van der Waals surface area contributed by atoms with Crippen molar-refractivity contribution in [3.63, 3.8) is 0 Å². The minimum absolute atomic E-state index is 0.357. The number of hydrogen-bond donors (Lipinski definition) is 1. The smallest absolute Gasteiger partial charge is 0.0759 e. The van der Waals surface area contributed by atoms with Crippen LogP contribution in [0.3, 0.4) is 0 Å². The van der Waals surface area contributed by atoms with Crippen molar-refractivity contribution in [1.29, 1.82) is 0 Å². The van der Waals surface area contributed by atoms with Crippen molar-refractivity contribution in [1.82, 2.24) is 15.1 Å². The monoisotopic (exact) mass is 251 g/mol. The van der Waals surface area contributed by atoms with E-state index in [-0.39, 0.29) is 0 Å². The standard InChI is InChI=1S/C14H25N3O/c1-4-15-13(8-11-9-16-17(3)10-11)14(18-5-2)12-6-7-12/h9-10,12-15H,4-8H2,1-3H3. The molecule has 0 aromatic carbocycles. The van der Waals surface area contributed by atoms with Gasteiger partial charge in [-0.1, -0.05) is 6.92 Å². The summed E-state index contributed by atoms with van der Waals surface area (Å²) >= 11 is 0. The molecule has 2 unspecified atom stereocenters. The molecule has 1 N–H and O–H groups in total. The largest absolute Gasteiger partial charge is 0.377 e. The first-order valence-corrected chi connectivity index (χ1v) is 7.07. The molecule has 0 aliphatic heterocycles. The van der Waals surface area contributed by atoms with E-state index in [0.29, 0.717) is 12.1 Å². The van der Waals surface area contributed by atoms with Crippen LogP contribution in [-0.2, 0) is 18.2 Å². The zero-order valence-corrected chi connectivity index (χ0v) is 11.7. The molecule has 18 heavy (non-hydrogen) atoms. The second-order valence-corrected chi connectivity index (χ2v) is 5.15. The molecule has 4 heteroatoms. The first-order valence-electron chi connectivity index (χ1n) is 7.07. The summed E-state index contributed by atoms with van der Waals surface area (Å²) in [5.41, 5.74) is 1.29. The van der Waals surface area contributed by atoms with Crippen LogP contribution in [0, 0.1) is 5.92 Å². The first kappa shape index (κ1) is 13.6. The molecule has 1 saturated carbocycles. The second kappa shape index (κ2) is 6.34. The van der Waals surface area contributed by atoms with Crippen molar-refractivity contribution >= 4 is 0 Å². The molecule has 1 aliphatic rings. The van der Waals surface area contributed by atoms with Crippen LogP contribution in [0.5, 0.6) is 0 Å². The zero-order chi connectivity index (χ0) is 13.0. The molecule has 0 amide bonds. The lowest BCUT2D eigenvalue weighted by molar-refractivity contribution is 0.0196. The van der Waals surface area contributed by atoms with Crippen LogP contribution in [0.4, 0.5) is 0 Å². The molecule has 0 bridgehead atoms. The second-order valence-electron chi connectivity index (χ2n) is 5.15. The molecule has 1 fully saturated rings. The van der Waals surface area contributed by atoms with Gasteiger partial charge < -0.3 is 10.1 Å². The van der Waals surface area contributed by atoms with Gasteiger partial charge in [0.1, 0.15) is 0 Å². The fourth-order valence-electron chi connectivity index (χ4n) is 2.60. The molecule has 1 heterocycles. The number of aryl methyl sites for hydroxylation is 1. The highest BCUT2D eigenvalue weighted by Crippen LogP contribution is 2.36. The minimum Gasteiger partial charge on any atom is -0.377 e. The maximum Gasteiger partial charge on any atom is 0.0759 e. The average Bonchev–Trinajstić information content (AvgIpc) is 3.10. The van der Waals surface area contributed by atoms with E-state index in [1.807, 2.05) is 17.9 Å². The van der Waals surface area contributed by atoms with Crippen molar-refractivity contribution in [2.24, 2.45) is 13.0 Å². The fraction of sp³-hybridized carbons (Fsp3) is 0.786. The van der Waals surface area contributed by atoms with Crippen molar-refractivity contribution in [2.75, 3.05) is 13.2 Å². The summed E-state index contributed by atoms with van der Waals surface area (Å²) in [6.45, 7) is 6.03. The Morgan fingerprint density at radius 1 is 1.50 bits per heavy atom. The number of nitrogens with zero attached hydrogens (tertiary/aromatic N) is 2. The highest BCUT2D eigenvalue weighted by molar-refractivity contribution is 5.08. The van der Waals surface area contributed by atoms with Crippen LogP contribution in [-0.4, -0.2) is 35.1 Å². The number of nitrogens with one attached hydrogen (secondary N) is 1. The Kier molecular flexibility index (Phi) is 4.78. The van der Waals surface area contributed by atoms with E-state index in [0.717, 1.165) is 25.5 Å². The van der Waals surface area contributed by atoms with Gasteiger partial charge >= 0.3 is 0 Å². The summed E-state index contributed by atoms with van der Waals surface area (Å²) < 4.78 is 7.84. The van der Waals surface area contributed by atoms with Crippen molar-refractivity contribution in [3.8, 4) is 0 Å². The van der Waals surface area contributed by atoms with E-state index in [4.69, 9.17) is 4.74 Å². The van der Waals surface area contributed by atoms with Crippen LogP contribution in [0.15, 0.2) is 12.4 Å². The Morgan fingerprint density at radius 3 is 2.78 bits per heavy atom. The topological polar surface area (TPSA) is 39.1 Å². The lowest BCUT2D eigenvalue weighted by Gasteiger charge is -2.27. The van der Waals surface area contributed by atoms with Crippen LogP contribution in [0.2, 0.25) is 0 Å². The number of hydrogen-bond acceptors (Lipinski definition) is 3. The Labute approximate surface area is 110 Å². The molecule has 2 rings (SSSR count). The third-order valence-corrected chi connectivity index (χ3v) is 3.52. The van der Waals surface area contributed by atoms with Gasteiger partial charge in [-0.2, -0.15) is 5.10 Å². The number of likely N-dealkylation sites (N-methyl/N-ethyl adjacent to an activating group) is 1.